The Morgan fingerprint density at radius 2 is 2.05 bits per heavy atom. The Hall–Kier alpha value is -1.39. The zero-order chi connectivity index (χ0) is 15.2. The SMILES string of the molecule is CC(C)NCc1cccc(F)c1N(C)CCc1cccs1. The number of rotatable bonds is 7. The molecule has 0 amide bonds. The van der Waals surface area contributed by atoms with Crippen molar-refractivity contribution in [1.29, 1.82) is 0 Å². The largest absolute Gasteiger partial charge is 0.372 e. The van der Waals surface area contributed by atoms with Gasteiger partial charge in [0, 0.05) is 31.1 Å². The minimum atomic E-state index is -0.147. The number of para-hydroxylation sites is 1. The monoisotopic (exact) mass is 306 g/mol. The van der Waals surface area contributed by atoms with Gasteiger partial charge in [-0.2, -0.15) is 0 Å². The van der Waals surface area contributed by atoms with Crippen LogP contribution in [-0.2, 0) is 13.0 Å². The maximum Gasteiger partial charge on any atom is 0.146 e. The fraction of sp³-hybridized carbons (Fsp3) is 0.412. The quantitative estimate of drug-likeness (QED) is 0.829. The Balaban J connectivity index is 2.08. The van der Waals surface area contributed by atoms with E-state index in [1.807, 2.05) is 18.0 Å². The normalized spacial score (nSPS) is 11.1. The summed E-state index contributed by atoms with van der Waals surface area (Å²) in [4.78, 5) is 3.35. The highest BCUT2D eigenvalue weighted by Crippen LogP contribution is 2.24. The summed E-state index contributed by atoms with van der Waals surface area (Å²) in [6, 6.07) is 9.88. The summed E-state index contributed by atoms with van der Waals surface area (Å²) in [7, 11) is 1.96. The molecule has 114 valence electrons. The molecule has 2 rings (SSSR count). The van der Waals surface area contributed by atoms with E-state index in [-0.39, 0.29) is 5.82 Å². The Morgan fingerprint density at radius 3 is 2.71 bits per heavy atom. The molecular formula is C17H23FN2S. The number of anilines is 1. The molecule has 0 aliphatic heterocycles. The molecule has 0 bridgehead atoms. The minimum absolute atomic E-state index is 0.147. The lowest BCUT2D eigenvalue weighted by Gasteiger charge is -2.23. The van der Waals surface area contributed by atoms with Gasteiger partial charge in [-0.05, 0) is 29.5 Å². The first-order valence-corrected chi connectivity index (χ1v) is 8.20. The smallest absolute Gasteiger partial charge is 0.146 e. The average molecular weight is 306 g/mol. The number of benzene rings is 1. The third kappa shape index (κ3) is 4.55. The van der Waals surface area contributed by atoms with E-state index in [1.54, 1.807) is 17.4 Å². The highest BCUT2D eigenvalue weighted by molar-refractivity contribution is 7.09. The summed E-state index contributed by atoms with van der Waals surface area (Å²) in [6.07, 6.45) is 0.944. The van der Waals surface area contributed by atoms with Crippen LogP contribution in [-0.4, -0.2) is 19.6 Å². The van der Waals surface area contributed by atoms with Crippen molar-refractivity contribution in [2.75, 3.05) is 18.5 Å². The van der Waals surface area contributed by atoms with Crippen molar-refractivity contribution in [3.05, 3.63) is 52.0 Å². The molecule has 0 unspecified atom stereocenters. The Labute approximate surface area is 130 Å². The van der Waals surface area contributed by atoms with E-state index in [4.69, 9.17) is 0 Å². The Morgan fingerprint density at radius 1 is 1.24 bits per heavy atom. The fourth-order valence-electron chi connectivity index (χ4n) is 2.29. The Bertz CT molecular complexity index is 552. The van der Waals surface area contributed by atoms with Crippen molar-refractivity contribution in [3.8, 4) is 0 Å². The van der Waals surface area contributed by atoms with Crippen LogP contribution in [0.2, 0.25) is 0 Å². The first kappa shape index (κ1) is 16.0. The highest BCUT2D eigenvalue weighted by atomic mass is 32.1. The molecule has 21 heavy (non-hydrogen) atoms. The molecule has 0 saturated carbocycles. The third-order valence-electron chi connectivity index (χ3n) is 3.43. The van der Waals surface area contributed by atoms with Crippen molar-refractivity contribution < 1.29 is 4.39 Å². The van der Waals surface area contributed by atoms with Crippen LogP contribution in [0, 0.1) is 5.82 Å². The van der Waals surface area contributed by atoms with Crippen LogP contribution in [0.15, 0.2) is 35.7 Å². The zero-order valence-electron chi connectivity index (χ0n) is 12.9. The van der Waals surface area contributed by atoms with E-state index in [0.29, 0.717) is 18.3 Å². The van der Waals surface area contributed by atoms with E-state index in [9.17, 15) is 4.39 Å². The number of nitrogens with zero attached hydrogens (tertiary/aromatic N) is 1. The van der Waals surface area contributed by atoms with E-state index in [1.165, 1.54) is 10.9 Å². The maximum absolute atomic E-state index is 14.2. The minimum Gasteiger partial charge on any atom is -0.372 e. The third-order valence-corrected chi connectivity index (χ3v) is 4.36. The van der Waals surface area contributed by atoms with Crippen LogP contribution in [0.4, 0.5) is 10.1 Å². The van der Waals surface area contributed by atoms with Crippen LogP contribution >= 0.6 is 11.3 Å². The Kier molecular flexibility index (Phi) is 5.76. The van der Waals surface area contributed by atoms with Crippen molar-refractivity contribution in [3.63, 3.8) is 0 Å². The molecule has 0 aliphatic rings. The predicted octanol–water partition coefficient (Wildman–Crippen LogP) is 4.06. The molecule has 0 atom stereocenters. The molecule has 1 N–H and O–H groups in total. The van der Waals surface area contributed by atoms with Crippen LogP contribution in [0.25, 0.3) is 0 Å². The van der Waals surface area contributed by atoms with Gasteiger partial charge in [-0.25, -0.2) is 4.39 Å². The molecule has 0 saturated heterocycles. The number of nitrogens with one attached hydrogen (secondary N) is 1. The van der Waals surface area contributed by atoms with Gasteiger partial charge in [-0.1, -0.05) is 32.0 Å². The summed E-state index contributed by atoms with van der Waals surface area (Å²) in [5.74, 6) is -0.147. The highest BCUT2D eigenvalue weighted by Gasteiger charge is 2.13. The first-order valence-electron chi connectivity index (χ1n) is 7.32. The topological polar surface area (TPSA) is 15.3 Å². The summed E-state index contributed by atoms with van der Waals surface area (Å²) in [6.45, 7) is 5.70. The lowest BCUT2D eigenvalue weighted by Crippen LogP contribution is -2.26. The van der Waals surface area contributed by atoms with Gasteiger partial charge in [-0.3, -0.25) is 0 Å². The van der Waals surface area contributed by atoms with Gasteiger partial charge < -0.3 is 10.2 Å². The van der Waals surface area contributed by atoms with Gasteiger partial charge in [0.2, 0.25) is 0 Å². The van der Waals surface area contributed by atoms with Gasteiger partial charge in [0.1, 0.15) is 5.82 Å². The number of hydrogen-bond donors (Lipinski definition) is 1. The summed E-state index contributed by atoms with van der Waals surface area (Å²) in [5, 5.41) is 5.44. The predicted molar refractivity (Wildman–Crippen MR) is 89.7 cm³/mol. The molecule has 2 nitrogen and oxygen atoms in total. The number of thiophene rings is 1. The van der Waals surface area contributed by atoms with Crippen molar-refractivity contribution in [2.24, 2.45) is 0 Å². The molecule has 2 aromatic rings. The van der Waals surface area contributed by atoms with Gasteiger partial charge in [0.15, 0.2) is 0 Å². The van der Waals surface area contributed by atoms with Crippen molar-refractivity contribution >= 4 is 17.0 Å². The fourth-order valence-corrected chi connectivity index (χ4v) is 2.99. The lowest BCUT2D eigenvalue weighted by molar-refractivity contribution is 0.579. The molecule has 1 aromatic carbocycles. The molecule has 0 aliphatic carbocycles. The molecule has 0 fully saturated rings. The molecule has 0 radical (unpaired) electrons. The van der Waals surface area contributed by atoms with Gasteiger partial charge >= 0.3 is 0 Å². The van der Waals surface area contributed by atoms with Crippen LogP contribution < -0.4 is 10.2 Å². The average Bonchev–Trinajstić information content (AvgIpc) is 2.95. The van der Waals surface area contributed by atoms with E-state index < -0.39 is 0 Å². The summed E-state index contributed by atoms with van der Waals surface area (Å²) >= 11 is 1.75. The molecule has 1 aromatic heterocycles. The molecule has 1 heterocycles. The number of halogens is 1. The van der Waals surface area contributed by atoms with Crippen LogP contribution in [0.5, 0.6) is 0 Å². The molecule has 0 spiro atoms. The van der Waals surface area contributed by atoms with Gasteiger partial charge in [0.25, 0.3) is 0 Å². The second kappa shape index (κ2) is 7.57. The zero-order valence-corrected chi connectivity index (χ0v) is 13.7. The van der Waals surface area contributed by atoms with E-state index in [0.717, 1.165) is 18.5 Å². The summed E-state index contributed by atoms with van der Waals surface area (Å²) < 4.78 is 14.2. The van der Waals surface area contributed by atoms with E-state index in [2.05, 4.69) is 36.7 Å². The summed E-state index contributed by atoms with van der Waals surface area (Å²) in [5.41, 5.74) is 1.72. The van der Waals surface area contributed by atoms with Crippen LogP contribution in [0.1, 0.15) is 24.3 Å². The van der Waals surface area contributed by atoms with Crippen molar-refractivity contribution in [2.45, 2.75) is 32.9 Å². The van der Waals surface area contributed by atoms with Gasteiger partial charge in [-0.15, -0.1) is 11.3 Å². The van der Waals surface area contributed by atoms with E-state index >= 15 is 0 Å². The molecular weight excluding hydrogens is 283 g/mol. The van der Waals surface area contributed by atoms with Crippen molar-refractivity contribution in [1.82, 2.24) is 5.32 Å². The van der Waals surface area contributed by atoms with Gasteiger partial charge in [0.05, 0.1) is 5.69 Å². The number of likely N-dealkylation sites (N-methyl/N-ethyl adjacent to an activating group) is 1. The molecule has 4 heteroatoms. The second-order valence-corrected chi connectivity index (χ2v) is 6.57. The lowest BCUT2D eigenvalue weighted by atomic mass is 10.1. The number of hydrogen-bond acceptors (Lipinski definition) is 3. The second-order valence-electron chi connectivity index (χ2n) is 5.53. The standard InChI is InChI=1S/C17H23FN2S/c1-13(2)19-12-14-6-4-8-16(18)17(14)20(3)10-9-15-7-5-11-21-15/h4-8,11,13,19H,9-10,12H2,1-3H3. The van der Waals surface area contributed by atoms with Crippen LogP contribution in [0.3, 0.4) is 0 Å². The first-order chi connectivity index (χ1) is 10.1. The maximum atomic E-state index is 14.2.